The molecular weight excluding hydrogens is 188 g/mol. The van der Waals surface area contributed by atoms with Gasteiger partial charge < -0.3 is 19.7 Å². The number of hydrogen-bond acceptors (Lipinski definition) is 5. The van der Waals surface area contributed by atoms with Crippen LogP contribution in [-0.2, 0) is 14.3 Å². The number of fused-ring (bicyclic) bond motifs is 1. The van der Waals surface area contributed by atoms with Crippen LogP contribution in [0.3, 0.4) is 0 Å². The van der Waals surface area contributed by atoms with Gasteiger partial charge in [0.25, 0.3) is 0 Å². The molecule has 2 unspecified atom stereocenters. The lowest BCUT2D eigenvalue weighted by atomic mass is 9.80. The van der Waals surface area contributed by atoms with Crippen molar-refractivity contribution in [1.82, 2.24) is 0 Å². The van der Waals surface area contributed by atoms with Crippen LogP contribution in [0.25, 0.3) is 0 Å². The molecule has 1 saturated carbocycles. The van der Waals surface area contributed by atoms with E-state index in [0.29, 0.717) is 12.8 Å². The lowest BCUT2D eigenvalue weighted by Crippen LogP contribution is -2.49. The number of ether oxygens (including phenoxy) is 2. The minimum Gasteiger partial charge on any atom is -0.456 e. The van der Waals surface area contributed by atoms with E-state index in [1.54, 1.807) is 0 Å². The van der Waals surface area contributed by atoms with Crippen molar-refractivity contribution in [3.63, 3.8) is 0 Å². The maximum absolute atomic E-state index is 11.1. The standard InChI is InChI=1S/C9H12O5/c10-4-2-9-3-5(8(4)12)13-6(9)1-7(11)14-9/h4-6,8,10,12H,1-3H2/t4-,5-,6?,8-,9?/m1/s1. The fraction of sp³-hybridized carbons (Fsp3) is 0.889. The van der Waals surface area contributed by atoms with E-state index >= 15 is 0 Å². The van der Waals surface area contributed by atoms with Crippen LogP contribution in [0.1, 0.15) is 19.3 Å². The van der Waals surface area contributed by atoms with E-state index in [9.17, 15) is 15.0 Å². The quantitative estimate of drug-likeness (QED) is 0.488. The Bertz CT molecular complexity index is 291. The molecule has 0 aromatic carbocycles. The average Bonchev–Trinajstić information content (AvgIpc) is 2.51. The van der Waals surface area contributed by atoms with Crippen molar-refractivity contribution in [2.24, 2.45) is 0 Å². The number of hydrogen-bond donors (Lipinski definition) is 2. The molecule has 3 fully saturated rings. The molecule has 2 aliphatic heterocycles. The van der Waals surface area contributed by atoms with Crippen LogP contribution in [0, 0.1) is 0 Å². The Labute approximate surface area is 80.6 Å². The number of carbonyl (C=O) groups excluding carboxylic acids is 1. The molecule has 3 rings (SSSR count). The summed E-state index contributed by atoms with van der Waals surface area (Å²) in [6, 6.07) is 0. The highest BCUT2D eigenvalue weighted by Crippen LogP contribution is 2.48. The first-order chi connectivity index (χ1) is 6.61. The zero-order valence-corrected chi connectivity index (χ0v) is 7.55. The highest BCUT2D eigenvalue weighted by Gasteiger charge is 2.62. The lowest BCUT2D eigenvalue weighted by molar-refractivity contribution is -0.157. The maximum atomic E-state index is 11.1. The van der Waals surface area contributed by atoms with Crippen molar-refractivity contribution < 1.29 is 24.5 Å². The smallest absolute Gasteiger partial charge is 0.309 e. The fourth-order valence-corrected chi connectivity index (χ4v) is 2.80. The molecular formula is C9H12O5. The van der Waals surface area contributed by atoms with Crippen LogP contribution in [0.5, 0.6) is 0 Å². The van der Waals surface area contributed by atoms with Crippen LogP contribution in [0.4, 0.5) is 0 Å². The van der Waals surface area contributed by atoms with Crippen LogP contribution in [-0.4, -0.2) is 46.2 Å². The summed E-state index contributed by atoms with van der Waals surface area (Å²) in [5.41, 5.74) is -0.652. The minimum absolute atomic E-state index is 0.246. The molecule has 3 aliphatic rings. The molecule has 14 heavy (non-hydrogen) atoms. The third kappa shape index (κ3) is 0.920. The fourth-order valence-electron chi connectivity index (χ4n) is 2.80. The largest absolute Gasteiger partial charge is 0.456 e. The van der Waals surface area contributed by atoms with Gasteiger partial charge in [0.2, 0.25) is 0 Å². The maximum Gasteiger partial charge on any atom is 0.309 e. The molecule has 5 heteroatoms. The van der Waals surface area contributed by atoms with Crippen molar-refractivity contribution in [1.29, 1.82) is 0 Å². The van der Waals surface area contributed by atoms with Crippen molar-refractivity contribution in [2.75, 3.05) is 0 Å². The molecule has 2 heterocycles. The Balaban J connectivity index is 1.93. The second kappa shape index (κ2) is 2.48. The number of aliphatic hydroxyl groups is 2. The van der Waals surface area contributed by atoms with Crippen molar-refractivity contribution in [3.8, 4) is 0 Å². The normalized spacial score (nSPS) is 55.7. The molecule has 0 aromatic heterocycles. The number of esters is 1. The van der Waals surface area contributed by atoms with E-state index in [4.69, 9.17) is 9.47 Å². The predicted molar refractivity (Wildman–Crippen MR) is 43.3 cm³/mol. The Morgan fingerprint density at radius 1 is 1.36 bits per heavy atom. The molecule has 1 aliphatic carbocycles. The summed E-state index contributed by atoms with van der Waals surface area (Å²) in [4.78, 5) is 11.1. The van der Waals surface area contributed by atoms with E-state index in [1.807, 2.05) is 0 Å². The van der Waals surface area contributed by atoms with Crippen molar-refractivity contribution in [3.05, 3.63) is 0 Å². The number of rotatable bonds is 0. The second-order valence-corrected chi connectivity index (χ2v) is 4.37. The van der Waals surface area contributed by atoms with Crippen molar-refractivity contribution in [2.45, 2.75) is 49.3 Å². The molecule has 0 amide bonds. The zero-order valence-electron chi connectivity index (χ0n) is 7.55. The molecule has 0 radical (unpaired) electrons. The first kappa shape index (κ1) is 8.64. The summed E-state index contributed by atoms with van der Waals surface area (Å²) in [6.07, 6.45) is -1.28. The Morgan fingerprint density at radius 3 is 2.93 bits per heavy atom. The van der Waals surface area contributed by atoms with Crippen LogP contribution in [0.15, 0.2) is 0 Å². The summed E-state index contributed by atoms with van der Waals surface area (Å²) in [5.74, 6) is -0.267. The molecule has 2 saturated heterocycles. The highest BCUT2D eigenvalue weighted by molar-refractivity contribution is 5.73. The Kier molecular flexibility index (Phi) is 1.53. The van der Waals surface area contributed by atoms with Gasteiger partial charge in [-0.2, -0.15) is 0 Å². The Hall–Kier alpha value is -0.650. The van der Waals surface area contributed by atoms with Gasteiger partial charge in [-0.05, 0) is 0 Å². The van der Waals surface area contributed by atoms with Crippen LogP contribution >= 0.6 is 0 Å². The second-order valence-electron chi connectivity index (χ2n) is 4.37. The van der Waals surface area contributed by atoms with Gasteiger partial charge in [-0.25, -0.2) is 0 Å². The summed E-state index contributed by atoms with van der Waals surface area (Å²) in [7, 11) is 0. The van der Waals surface area contributed by atoms with E-state index in [-0.39, 0.29) is 24.6 Å². The molecule has 5 nitrogen and oxygen atoms in total. The number of carbonyl (C=O) groups is 1. The van der Waals surface area contributed by atoms with Gasteiger partial charge in [0.1, 0.15) is 17.8 Å². The third-order valence-electron chi connectivity index (χ3n) is 3.47. The highest BCUT2D eigenvalue weighted by atomic mass is 16.6. The van der Waals surface area contributed by atoms with E-state index in [1.165, 1.54) is 0 Å². The van der Waals surface area contributed by atoms with Crippen molar-refractivity contribution >= 4 is 5.97 Å². The molecule has 0 aromatic rings. The van der Waals surface area contributed by atoms with Gasteiger partial charge in [-0.15, -0.1) is 0 Å². The van der Waals surface area contributed by atoms with Gasteiger partial charge in [0.15, 0.2) is 0 Å². The minimum atomic E-state index is -0.843. The van der Waals surface area contributed by atoms with Gasteiger partial charge in [0.05, 0.1) is 18.6 Å². The van der Waals surface area contributed by atoms with Crippen LogP contribution in [0.2, 0.25) is 0 Å². The first-order valence-corrected chi connectivity index (χ1v) is 4.84. The third-order valence-corrected chi connectivity index (χ3v) is 3.47. The van der Waals surface area contributed by atoms with Gasteiger partial charge in [-0.1, -0.05) is 0 Å². The summed E-state index contributed by atoms with van der Waals surface area (Å²) >= 11 is 0. The van der Waals surface area contributed by atoms with Gasteiger partial charge >= 0.3 is 5.97 Å². The van der Waals surface area contributed by atoms with E-state index in [2.05, 4.69) is 0 Å². The topological polar surface area (TPSA) is 76.0 Å². The van der Waals surface area contributed by atoms with E-state index < -0.39 is 17.8 Å². The molecule has 5 atom stereocenters. The lowest BCUT2D eigenvalue weighted by Gasteiger charge is -2.34. The molecule has 1 spiro atoms. The van der Waals surface area contributed by atoms with Crippen LogP contribution < -0.4 is 0 Å². The predicted octanol–water partition coefficient (Wildman–Crippen LogP) is -1.04. The molecule has 2 bridgehead atoms. The summed E-state index contributed by atoms with van der Waals surface area (Å²) in [5, 5.41) is 19.1. The molecule has 2 N–H and O–H groups in total. The SMILES string of the molecule is O=C1CC2O[C@@H]3CC2(C[C@@H](O)[C@H]3O)O1. The zero-order chi connectivity index (χ0) is 9.92. The first-order valence-electron chi connectivity index (χ1n) is 4.84. The van der Waals surface area contributed by atoms with Gasteiger partial charge in [-0.3, -0.25) is 4.79 Å². The average molecular weight is 200 g/mol. The van der Waals surface area contributed by atoms with Gasteiger partial charge in [0, 0.05) is 12.8 Å². The Morgan fingerprint density at radius 2 is 2.14 bits per heavy atom. The molecule has 78 valence electrons. The monoisotopic (exact) mass is 200 g/mol. The van der Waals surface area contributed by atoms with E-state index in [0.717, 1.165) is 0 Å². The summed E-state index contributed by atoms with van der Waals surface area (Å²) in [6.45, 7) is 0. The summed E-state index contributed by atoms with van der Waals surface area (Å²) < 4.78 is 10.7. The number of aliphatic hydroxyl groups excluding tert-OH is 2.